The third-order valence-electron chi connectivity index (χ3n) is 18.6. The topological polar surface area (TPSA) is 258 Å². The van der Waals surface area contributed by atoms with Crippen molar-refractivity contribution in [3.63, 3.8) is 0 Å². The normalized spacial score (nSPS) is 58.3. The molecule has 350 valence electrons. The Hall–Kier alpha value is -0.900. The van der Waals surface area contributed by atoms with Gasteiger partial charge in [-0.3, -0.25) is 0 Å². The molecule has 8 aliphatic rings. The van der Waals surface area contributed by atoms with Crippen LogP contribution in [0, 0.1) is 50.7 Å². The molecule has 16 nitrogen and oxygen atoms in total. The lowest BCUT2D eigenvalue weighted by molar-refractivity contribution is -0.374. The summed E-state index contributed by atoms with van der Waals surface area (Å²) < 4.78 is 35.6. The standard InChI is InChI=1S/C45H74O16/c1-19-9-12-43(6)28(19)22(48)16-45(8)37(43)21(47)15-26-42(5)13-11-27(41(3,4)25(42)10-14-44(26,45)7)59-40-34(55)36(30(51)24(17-46)58-40)61-38-33(54)35(23(49)18-56-38)60-39-32(53)31(52)29(50)20(2)57-39/h20-40,46-55H,1,9-18H2,2-8H3/t20-,21+,22-,23-,24+,25-,26+,27-,28+,29-,30-,31+,32+,33+,34+,35-,36-,37+,38-,39-,40-,42-,43-,44+,45+/m0/s1. The van der Waals surface area contributed by atoms with E-state index in [2.05, 4.69) is 48.1 Å². The van der Waals surface area contributed by atoms with Gasteiger partial charge in [0, 0.05) is 5.92 Å². The smallest absolute Gasteiger partial charge is 0.187 e. The van der Waals surface area contributed by atoms with Crippen LogP contribution in [0.3, 0.4) is 0 Å². The Labute approximate surface area is 359 Å². The first kappa shape index (κ1) is 46.6. The van der Waals surface area contributed by atoms with E-state index in [1.165, 1.54) is 6.92 Å². The zero-order valence-corrected chi connectivity index (χ0v) is 36.8. The van der Waals surface area contributed by atoms with Gasteiger partial charge in [0.15, 0.2) is 18.9 Å². The highest BCUT2D eigenvalue weighted by Gasteiger charge is 2.74. The van der Waals surface area contributed by atoms with Crippen molar-refractivity contribution in [2.45, 2.75) is 204 Å². The molecule has 16 heteroatoms. The molecule has 5 aliphatic carbocycles. The van der Waals surface area contributed by atoms with Gasteiger partial charge in [0.1, 0.15) is 61.0 Å². The van der Waals surface area contributed by atoms with Crippen molar-refractivity contribution in [2.75, 3.05) is 13.2 Å². The molecule has 3 heterocycles. The predicted octanol–water partition coefficient (Wildman–Crippen LogP) is 0.470. The number of aliphatic hydroxyl groups excluding tert-OH is 10. The van der Waals surface area contributed by atoms with Crippen molar-refractivity contribution in [1.29, 1.82) is 0 Å². The summed E-state index contributed by atoms with van der Waals surface area (Å²) >= 11 is 0. The van der Waals surface area contributed by atoms with E-state index in [-0.39, 0.29) is 45.3 Å². The maximum absolute atomic E-state index is 12.3. The number of aliphatic hydroxyl groups is 10. The van der Waals surface area contributed by atoms with Crippen molar-refractivity contribution >= 4 is 0 Å². The lowest BCUT2D eigenvalue weighted by Crippen LogP contribution is -2.71. The Bertz CT molecular complexity index is 1620. The van der Waals surface area contributed by atoms with Crippen LogP contribution in [0.25, 0.3) is 0 Å². The molecule has 5 saturated carbocycles. The van der Waals surface area contributed by atoms with Gasteiger partial charge in [0.2, 0.25) is 0 Å². The van der Waals surface area contributed by atoms with Crippen molar-refractivity contribution < 1.29 is 79.5 Å². The molecule has 0 aromatic rings. The van der Waals surface area contributed by atoms with Crippen molar-refractivity contribution in [3.8, 4) is 0 Å². The molecule has 0 amide bonds. The van der Waals surface area contributed by atoms with Crippen LogP contribution in [0.4, 0.5) is 0 Å². The Morgan fingerprint density at radius 3 is 1.98 bits per heavy atom. The van der Waals surface area contributed by atoms with Crippen LogP contribution in [0.2, 0.25) is 0 Å². The van der Waals surface area contributed by atoms with Gasteiger partial charge in [-0.25, -0.2) is 0 Å². The minimum atomic E-state index is -1.75. The lowest BCUT2D eigenvalue weighted by Gasteiger charge is -2.74. The average Bonchev–Trinajstić information content (AvgIpc) is 3.50. The second-order valence-electron chi connectivity index (χ2n) is 22.0. The second kappa shape index (κ2) is 16.2. The molecule has 61 heavy (non-hydrogen) atoms. The summed E-state index contributed by atoms with van der Waals surface area (Å²) in [5, 5.41) is 110. The van der Waals surface area contributed by atoms with Crippen LogP contribution in [0.1, 0.15) is 99.8 Å². The number of hydrogen-bond donors (Lipinski definition) is 10. The minimum Gasteiger partial charge on any atom is -0.394 e. The van der Waals surface area contributed by atoms with Gasteiger partial charge in [-0.2, -0.15) is 0 Å². The molecular weight excluding hydrogens is 796 g/mol. The van der Waals surface area contributed by atoms with Crippen LogP contribution >= 0.6 is 0 Å². The molecule has 3 aliphatic heterocycles. The first-order valence-corrected chi connectivity index (χ1v) is 22.8. The first-order chi connectivity index (χ1) is 28.5. The van der Waals surface area contributed by atoms with Crippen molar-refractivity contribution in [2.24, 2.45) is 50.7 Å². The Kier molecular flexibility index (Phi) is 12.4. The maximum Gasteiger partial charge on any atom is 0.187 e. The molecule has 8 fully saturated rings. The number of ether oxygens (including phenoxy) is 6. The van der Waals surface area contributed by atoms with Crippen LogP contribution in [-0.4, -0.2) is 169 Å². The molecule has 3 saturated heterocycles. The highest BCUT2D eigenvalue weighted by atomic mass is 16.7. The van der Waals surface area contributed by atoms with E-state index in [0.29, 0.717) is 19.3 Å². The fraction of sp³-hybridized carbons (Fsp3) is 0.956. The average molecular weight is 871 g/mol. The third-order valence-corrected chi connectivity index (χ3v) is 18.6. The Balaban J connectivity index is 0.979. The van der Waals surface area contributed by atoms with E-state index in [0.717, 1.165) is 37.7 Å². The summed E-state index contributed by atoms with van der Waals surface area (Å²) in [7, 11) is 0. The maximum atomic E-state index is 12.3. The first-order valence-electron chi connectivity index (χ1n) is 22.8. The SMILES string of the molecule is C=C1CC[C@@]2(C)[C@H]1[C@@H](O)C[C@]1(C)[C@@H]2[C@H](O)C[C@@H]2[C@@]3(C)CC[C@H](O[C@@H]4O[C@H](CO)[C@H](O)[C@H](O[C@@H]5OC[C@H](O)[C@H](O[C@@H]6O[C@@H](C)[C@H](O)[C@@H](O)[C@H]6O)[C@H]5O)[C@H]4O)C(C)(C)[C@@H]3CC[C@]21C. The summed E-state index contributed by atoms with van der Waals surface area (Å²) in [4.78, 5) is 0. The van der Waals surface area contributed by atoms with Crippen LogP contribution < -0.4 is 0 Å². The van der Waals surface area contributed by atoms with Gasteiger partial charge in [0.05, 0.1) is 37.6 Å². The number of rotatable bonds is 7. The fourth-order valence-corrected chi connectivity index (χ4v) is 15.5. The summed E-state index contributed by atoms with van der Waals surface area (Å²) in [6.07, 6.45) is -15.9. The van der Waals surface area contributed by atoms with E-state index in [9.17, 15) is 51.1 Å². The summed E-state index contributed by atoms with van der Waals surface area (Å²) in [6, 6.07) is 0. The number of fused-ring (bicyclic) bond motifs is 7. The number of hydrogen-bond acceptors (Lipinski definition) is 16. The predicted molar refractivity (Wildman–Crippen MR) is 215 cm³/mol. The molecule has 10 N–H and O–H groups in total. The Morgan fingerprint density at radius 1 is 0.639 bits per heavy atom. The van der Waals surface area contributed by atoms with Gasteiger partial charge in [-0.1, -0.05) is 53.7 Å². The largest absolute Gasteiger partial charge is 0.394 e. The van der Waals surface area contributed by atoms with E-state index in [4.69, 9.17) is 28.4 Å². The molecule has 0 unspecified atom stereocenters. The second-order valence-corrected chi connectivity index (χ2v) is 22.0. The molecule has 0 aromatic carbocycles. The van der Waals surface area contributed by atoms with Gasteiger partial charge in [0.25, 0.3) is 0 Å². The highest BCUT2D eigenvalue weighted by Crippen LogP contribution is 2.77. The van der Waals surface area contributed by atoms with Crippen LogP contribution in [-0.2, 0) is 28.4 Å². The zero-order valence-electron chi connectivity index (χ0n) is 36.8. The molecule has 0 aromatic heterocycles. The van der Waals surface area contributed by atoms with E-state index in [1.807, 2.05) is 0 Å². The summed E-state index contributed by atoms with van der Waals surface area (Å²) in [6.45, 7) is 18.5. The van der Waals surface area contributed by atoms with E-state index < -0.39 is 123 Å². The quantitative estimate of drug-likeness (QED) is 0.123. The van der Waals surface area contributed by atoms with Gasteiger partial charge >= 0.3 is 0 Å². The fourth-order valence-electron chi connectivity index (χ4n) is 15.5. The Morgan fingerprint density at radius 2 is 1.30 bits per heavy atom. The third kappa shape index (κ3) is 6.98. The molecule has 0 bridgehead atoms. The van der Waals surface area contributed by atoms with Crippen LogP contribution in [0.5, 0.6) is 0 Å². The van der Waals surface area contributed by atoms with Crippen LogP contribution in [0.15, 0.2) is 12.2 Å². The molecule has 25 atom stereocenters. The summed E-state index contributed by atoms with van der Waals surface area (Å²) in [5.74, 6) is 0.385. The molecular formula is C45H74O16. The highest BCUT2D eigenvalue weighted by molar-refractivity contribution is 5.27. The lowest BCUT2D eigenvalue weighted by atomic mass is 9.31. The zero-order chi connectivity index (χ0) is 44.5. The molecule has 8 rings (SSSR count). The van der Waals surface area contributed by atoms with E-state index in [1.54, 1.807) is 0 Å². The molecule has 0 radical (unpaired) electrons. The van der Waals surface area contributed by atoms with Gasteiger partial charge in [-0.05, 0) is 103 Å². The van der Waals surface area contributed by atoms with E-state index >= 15 is 0 Å². The molecule has 0 spiro atoms. The van der Waals surface area contributed by atoms with Crippen molar-refractivity contribution in [3.05, 3.63) is 12.2 Å². The van der Waals surface area contributed by atoms with Crippen molar-refractivity contribution in [1.82, 2.24) is 0 Å². The van der Waals surface area contributed by atoms with Gasteiger partial charge in [-0.15, -0.1) is 0 Å². The minimum absolute atomic E-state index is 0.000377. The monoisotopic (exact) mass is 870 g/mol. The summed E-state index contributed by atoms with van der Waals surface area (Å²) in [5.41, 5.74) is -0.172. The van der Waals surface area contributed by atoms with Gasteiger partial charge < -0.3 is 79.5 Å².